The van der Waals surface area contributed by atoms with Crippen molar-refractivity contribution in [2.45, 2.75) is 19.9 Å². The van der Waals surface area contributed by atoms with Gasteiger partial charge in [0, 0.05) is 25.7 Å². The highest BCUT2D eigenvalue weighted by Gasteiger charge is 2.23. The maximum atomic E-state index is 12.8. The van der Waals surface area contributed by atoms with Crippen LogP contribution in [0.4, 0.5) is 5.82 Å². The molecule has 0 saturated heterocycles. The molecule has 0 fully saturated rings. The van der Waals surface area contributed by atoms with Gasteiger partial charge in [-0.05, 0) is 24.5 Å². The number of nitrogens with zero attached hydrogens (tertiary/aromatic N) is 3. The average Bonchev–Trinajstić information content (AvgIpc) is 2.58. The van der Waals surface area contributed by atoms with Gasteiger partial charge in [0.25, 0.3) is 5.91 Å². The lowest BCUT2D eigenvalue weighted by Crippen LogP contribution is -2.36. The first kappa shape index (κ1) is 15.2. The fraction of sp³-hybridized carbons (Fsp3) is 0.278. The summed E-state index contributed by atoms with van der Waals surface area (Å²) in [6, 6.07) is 9.97. The highest BCUT2D eigenvalue weighted by molar-refractivity contribution is 5.93. The molecule has 23 heavy (non-hydrogen) atoms. The molecule has 0 atom stereocenters. The third kappa shape index (κ3) is 3.39. The van der Waals surface area contributed by atoms with E-state index in [1.165, 1.54) is 11.1 Å². The number of aryl methyl sites for hydroxylation is 1. The maximum Gasteiger partial charge on any atom is 0.272 e. The lowest BCUT2D eigenvalue weighted by atomic mass is 10.00. The van der Waals surface area contributed by atoms with Gasteiger partial charge in [0.1, 0.15) is 17.3 Å². The van der Waals surface area contributed by atoms with Gasteiger partial charge in [-0.3, -0.25) is 4.79 Å². The van der Waals surface area contributed by atoms with Crippen LogP contribution in [-0.2, 0) is 13.0 Å². The molecule has 0 spiro atoms. The fourth-order valence-electron chi connectivity index (χ4n) is 2.78. The topological polar surface area (TPSA) is 58.1 Å². The lowest BCUT2D eigenvalue weighted by Gasteiger charge is -2.28. The average molecular weight is 308 g/mol. The second-order valence-electron chi connectivity index (χ2n) is 5.60. The van der Waals surface area contributed by atoms with Crippen molar-refractivity contribution in [2.24, 2.45) is 0 Å². The molecule has 1 aromatic carbocycles. The molecule has 0 saturated carbocycles. The second-order valence-corrected chi connectivity index (χ2v) is 5.60. The third-order valence-electron chi connectivity index (χ3n) is 3.90. The minimum absolute atomic E-state index is 0.0494. The SMILES string of the molecule is C=CCNc1cc(C(=O)N2CCc3ccccc3C2)nc(C)n1. The van der Waals surface area contributed by atoms with Gasteiger partial charge in [-0.25, -0.2) is 9.97 Å². The number of carbonyl (C=O) groups excluding carboxylic acids is 1. The molecule has 5 heteroatoms. The van der Waals surface area contributed by atoms with Crippen LogP contribution >= 0.6 is 0 Å². The van der Waals surface area contributed by atoms with Crippen LogP contribution in [-0.4, -0.2) is 33.9 Å². The number of aromatic nitrogens is 2. The molecule has 2 aromatic rings. The standard InChI is InChI=1S/C18H20N4O/c1-3-9-19-17-11-16(20-13(2)21-17)18(23)22-10-8-14-6-4-5-7-15(14)12-22/h3-7,11H,1,8-10,12H2,2H3,(H,19,20,21). The zero-order valence-electron chi connectivity index (χ0n) is 13.2. The summed E-state index contributed by atoms with van der Waals surface area (Å²) in [5.41, 5.74) is 2.97. The maximum absolute atomic E-state index is 12.8. The Bertz CT molecular complexity index is 742. The molecule has 1 amide bonds. The molecule has 1 aliphatic heterocycles. The smallest absolute Gasteiger partial charge is 0.272 e. The Labute approximate surface area is 136 Å². The van der Waals surface area contributed by atoms with Gasteiger partial charge in [0.05, 0.1) is 0 Å². The Morgan fingerprint density at radius 3 is 2.91 bits per heavy atom. The van der Waals surface area contributed by atoms with Gasteiger partial charge in [0.2, 0.25) is 0 Å². The molecule has 1 aromatic heterocycles. The molecular formula is C18H20N4O. The van der Waals surface area contributed by atoms with Gasteiger partial charge in [0.15, 0.2) is 0 Å². The minimum atomic E-state index is -0.0494. The number of nitrogens with one attached hydrogen (secondary N) is 1. The Morgan fingerprint density at radius 1 is 1.35 bits per heavy atom. The molecule has 0 bridgehead atoms. The minimum Gasteiger partial charge on any atom is -0.366 e. The number of amides is 1. The van der Waals surface area contributed by atoms with Crippen LogP contribution in [0.3, 0.4) is 0 Å². The van der Waals surface area contributed by atoms with E-state index in [1.54, 1.807) is 19.1 Å². The van der Waals surface area contributed by atoms with E-state index in [1.807, 2.05) is 17.0 Å². The summed E-state index contributed by atoms with van der Waals surface area (Å²) in [6.07, 6.45) is 2.63. The number of benzene rings is 1. The van der Waals surface area contributed by atoms with E-state index in [-0.39, 0.29) is 5.91 Å². The Morgan fingerprint density at radius 2 is 2.13 bits per heavy atom. The third-order valence-corrected chi connectivity index (χ3v) is 3.90. The number of hydrogen-bond acceptors (Lipinski definition) is 4. The van der Waals surface area contributed by atoms with E-state index in [0.29, 0.717) is 37.0 Å². The number of rotatable bonds is 4. The molecule has 1 aliphatic rings. The van der Waals surface area contributed by atoms with E-state index in [4.69, 9.17) is 0 Å². The van der Waals surface area contributed by atoms with E-state index >= 15 is 0 Å². The van der Waals surface area contributed by atoms with E-state index in [9.17, 15) is 4.79 Å². The molecule has 0 radical (unpaired) electrons. The highest BCUT2D eigenvalue weighted by atomic mass is 16.2. The van der Waals surface area contributed by atoms with Gasteiger partial charge < -0.3 is 10.2 Å². The fourth-order valence-corrected chi connectivity index (χ4v) is 2.78. The second kappa shape index (κ2) is 6.60. The van der Waals surface area contributed by atoms with Crippen LogP contribution in [0, 0.1) is 6.92 Å². The zero-order valence-corrected chi connectivity index (χ0v) is 13.2. The molecule has 118 valence electrons. The van der Waals surface area contributed by atoms with Crippen molar-refractivity contribution in [2.75, 3.05) is 18.4 Å². The quantitative estimate of drug-likeness (QED) is 0.882. The van der Waals surface area contributed by atoms with Crippen LogP contribution in [0.2, 0.25) is 0 Å². The van der Waals surface area contributed by atoms with Crippen molar-refractivity contribution in [1.82, 2.24) is 14.9 Å². The van der Waals surface area contributed by atoms with E-state index in [0.717, 1.165) is 6.42 Å². The zero-order chi connectivity index (χ0) is 16.2. The first-order valence-corrected chi connectivity index (χ1v) is 7.74. The first-order chi connectivity index (χ1) is 11.2. The van der Waals surface area contributed by atoms with Crippen molar-refractivity contribution in [3.8, 4) is 0 Å². The van der Waals surface area contributed by atoms with Crippen LogP contribution in [0.25, 0.3) is 0 Å². The summed E-state index contributed by atoms with van der Waals surface area (Å²) in [5, 5.41) is 3.11. The number of anilines is 1. The molecule has 1 N–H and O–H groups in total. The summed E-state index contributed by atoms with van der Waals surface area (Å²) in [7, 11) is 0. The summed E-state index contributed by atoms with van der Waals surface area (Å²) in [6.45, 7) is 7.41. The van der Waals surface area contributed by atoms with Crippen LogP contribution in [0.1, 0.15) is 27.4 Å². The Balaban J connectivity index is 1.81. The molecule has 0 aliphatic carbocycles. The largest absolute Gasteiger partial charge is 0.366 e. The monoisotopic (exact) mass is 308 g/mol. The van der Waals surface area contributed by atoms with Gasteiger partial charge in [-0.2, -0.15) is 0 Å². The van der Waals surface area contributed by atoms with Gasteiger partial charge >= 0.3 is 0 Å². The highest BCUT2D eigenvalue weighted by Crippen LogP contribution is 2.20. The number of hydrogen-bond donors (Lipinski definition) is 1. The predicted molar refractivity (Wildman–Crippen MR) is 90.3 cm³/mol. The predicted octanol–water partition coefficient (Wildman–Crippen LogP) is 2.58. The van der Waals surface area contributed by atoms with Crippen molar-refractivity contribution in [3.63, 3.8) is 0 Å². The number of fused-ring (bicyclic) bond motifs is 1. The van der Waals surface area contributed by atoms with Crippen molar-refractivity contribution in [3.05, 3.63) is 65.6 Å². The Hall–Kier alpha value is -2.69. The summed E-state index contributed by atoms with van der Waals surface area (Å²) in [5.74, 6) is 1.18. The van der Waals surface area contributed by atoms with Crippen molar-refractivity contribution >= 4 is 11.7 Å². The summed E-state index contributed by atoms with van der Waals surface area (Å²) >= 11 is 0. The van der Waals surface area contributed by atoms with Crippen molar-refractivity contribution < 1.29 is 4.79 Å². The van der Waals surface area contributed by atoms with Crippen LogP contribution < -0.4 is 5.32 Å². The molecular weight excluding hydrogens is 288 g/mol. The van der Waals surface area contributed by atoms with Crippen LogP contribution in [0.5, 0.6) is 0 Å². The van der Waals surface area contributed by atoms with Gasteiger partial charge in [-0.1, -0.05) is 30.3 Å². The number of carbonyl (C=O) groups is 1. The van der Waals surface area contributed by atoms with E-state index in [2.05, 4.69) is 34.0 Å². The molecule has 5 nitrogen and oxygen atoms in total. The van der Waals surface area contributed by atoms with Crippen molar-refractivity contribution in [1.29, 1.82) is 0 Å². The lowest BCUT2D eigenvalue weighted by molar-refractivity contribution is 0.0728. The normalized spacial score (nSPS) is 13.3. The summed E-state index contributed by atoms with van der Waals surface area (Å²) in [4.78, 5) is 23.2. The van der Waals surface area contributed by atoms with E-state index < -0.39 is 0 Å². The Kier molecular flexibility index (Phi) is 4.37. The molecule has 3 rings (SSSR count). The molecule has 0 unspecified atom stereocenters. The molecule has 2 heterocycles. The summed E-state index contributed by atoms with van der Waals surface area (Å²) < 4.78 is 0. The van der Waals surface area contributed by atoms with Gasteiger partial charge in [-0.15, -0.1) is 6.58 Å². The van der Waals surface area contributed by atoms with Crippen LogP contribution in [0.15, 0.2) is 43.0 Å². The first-order valence-electron chi connectivity index (χ1n) is 7.74.